The number of H-pyrrole nitrogens is 1. The van der Waals surface area contributed by atoms with E-state index in [0.29, 0.717) is 5.57 Å². The third-order valence-electron chi connectivity index (χ3n) is 3.30. The molecule has 1 aliphatic heterocycles. The van der Waals surface area contributed by atoms with Gasteiger partial charge in [-0.15, -0.1) is 0 Å². The summed E-state index contributed by atoms with van der Waals surface area (Å²) < 4.78 is 0. The molecule has 4 heteroatoms. The van der Waals surface area contributed by atoms with Crippen molar-refractivity contribution in [3.8, 4) is 0 Å². The van der Waals surface area contributed by atoms with Crippen molar-refractivity contribution in [3.63, 3.8) is 0 Å². The number of nitrogens with zero attached hydrogens (tertiary/aromatic N) is 1. The summed E-state index contributed by atoms with van der Waals surface area (Å²) in [7, 11) is 0. The largest absolute Gasteiger partial charge is 0.346 e. The van der Waals surface area contributed by atoms with Crippen molar-refractivity contribution in [3.05, 3.63) is 47.0 Å². The van der Waals surface area contributed by atoms with Crippen LogP contribution in [0.15, 0.2) is 24.3 Å². The van der Waals surface area contributed by atoms with E-state index in [1.54, 1.807) is 0 Å². The minimum absolute atomic E-state index is 0.0679. The van der Waals surface area contributed by atoms with Crippen molar-refractivity contribution in [2.45, 2.75) is 20.3 Å². The second kappa shape index (κ2) is 4.39. The molecule has 19 heavy (non-hydrogen) atoms. The number of carbonyl (C=O) groups is 1. The number of aromatic nitrogens is 2. The molecule has 0 spiro atoms. The number of aryl methyl sites for hydroxylation is 2. The van der Waals surface area contributed by atoms with Crippen molar-refractivity contribution in [2.24, 2.45) is 0 Å². The number of hydrogen-bond acceptors (Lipinski definition) is 2. The number of imidazole rings is 1. The van der Waals surface area contributed by atoms with E-state index >= 15 is 0 Å². The Kier molecular flexibility index (Phi) is 2.71. The summed E-state index contributed by atoms with van der Waals surface area (Å²) in [6, 6.07) is 7.70. The number of para-hydroxylation sites is 1. The predicted molar refractivity (Wildman–Crippen MR) is 75.6 cm³/mol. The van der Waals surface area contributed by atoms with E-state index in [9.17, 15) is 4.79 Å². The molecule has 4 nitrogen and oxygen atoms in total. The van der Waals surface area contributed by atoms with Crippen LogP contribution in [0.1, 0.15) is 29.7 Å². The highest BCUT2D eigenvalue weighted by Gasteiger charge is 2.23. The minimum atomic E-state index is -0.0679. The summed E-state index contributed by atoms with van der Waals surface area (Å²) in [5.74, 6) is 0.873. The van der Waals surface area contributed by atoms with E-state index in [1.807, 2.05) is 44.2 Å². The van der Waals surface area contributed by atoms with Gasteiger partial charge in [-0.05, 0) is 19.1 Å². The molecular weight excluding hydrogens is 238 g/mol. The Morgan fingerprint density at radius 3 is 2.84 bits per heavy atom. The van der Waals surface area contributed by atoms with Gasteiger partial charge in [0.25, 0.3) is 5.91 Å². The number of rotatable bonds is 2. The van der Waals surface area contributed by atoms with E-state index in [-0.39, 0.29) is 5.91 Å². The van der Waals surface area contributed by atoms with Crippen LogP contribution in [0, 0.1) is 6.92 Å². The lowest BCUT2D eigenvalue weighted by Crippen LogP contribution is -2.03. The van der Waals surface area contributed by atoms with Gasteiger partial charge in [-0.25, -0.2) is 4.98 Å². The molecule has 1 amide bonds. The molecule has 0 fully saturated rings. The normalized spacial score (nSPS) is 15.7. The first kappa shape index (κ1) is 11.7. The molecular formula is C15H15N3O. The molecule has 1 aromatic heterocycles. The Bertz CT molecular complexity index is 682. The first-order valence-corrected chi connectivity index (χ1v) is 6.37. The van der Waals surface area contributed by atoms with Gasteiger partial charge in [0, 0.05) is 23.4 Å². The molecule has 0 radical (unpaired) electrons. The van der Waals surface area contributed by atoms with Crippen molar-refractivity contribution >= 4 is 23.2 Å². The predicted octanol–water partition coefficient (Wildman–Crippen LogP) is 2.77. The van der Waals surface area contributed by atoms with E-state index in [0.717, 1.165) is 34.9 Å². The van der Waals surface area contributed by atoms with Gasteiger partial charge in [0.1, 0.15) is 5.82 Å². The maximum absolute atomic E-state index is 12.0. The number of anilines is 1. The standard InChI is InChI=1S/C15H15N3O/c1-3-14-16-9(2)13(17-14)8-11-10-6-4-5-7-12(10)18-15(11)19/h4-8H,3H2,1-2H3,(H,16,17)(H,18,19)/b11-8-. The molecule has 0 unspecified atom stereocenters. The fourth-order valence-corrected chi connectivity index (χ4v) is 2.26. The monoisotopic (exact) mass is 253 g/mol. The van der Waals surface area contributed by atoms with E-state index in [4.69, 9.17) is 0 Å². The SMILES string of the molecule is CCc1nc(/C=C2\C(=O)Nc3ccccc32)c(C)[nH]1. The molecule has 0 saturated carbocycles. The van der Waals surface area contributed by atoms with E-state index in [2.05, 4.69) is 15.3 Å². The highest BCUT2D eigenvalue weighted by atomic mass is 16.2. The molecule has 0 saturated heterocycles. The molecule has 1 aliphatic rings. The highest BCUT2D eigenvalue weighted by Crippen LogP contribution is 2.32. The molecule has 2 aromatic rings. The van der Waals surface area contributed by atoms with Gasteiger partial charge in [0.2, 0.25) is 0 Å². The molecule has 2 N–H and O–H groups in total. The third kappa shape index (κ3) is 1.95. The van der Waals surface area contributed by atoms with Crippen LogP contribution in [-0.2, 0) is 11.2 Å². The third-order valence-corrected chi connectivity index (χ3v) is 3.30. The zero-order valence-electron chi connectivity index (χ0n) is 10.9. The summed E-state index contributed by atoms with van der Waals surface area (Å²) in [6.07, 6.45) is 2.71. The Morgan fingerprint density at radius 1 is 1.32 bits per heavy atom. The molecule has 1 aromatic carbocycles. The second-order valence-corrected chi connectivity index (χ2v) is 4.61. The van der Waals surface area contributed by atoms with E-state index < -0.39 is 0 Å². The van der Waals surface area contributed by atoms with Gasteiger partial charge in [-0.3, -0.25) is 4.79 Å². The topological polar surface area (TPSA) is 57.8 Å². The maximum atomic E-state index is 12.0. The molecule has 96 valence electrons. The fraction of sp³-hybridized carbons (Fsp3) is 0.200. The van der Waals surface area contributed by atoms with Crippen LogP contribution >= 0.6 is 0 Å². The van der Waals surface area contributed by atoms with Crippen LogP contribution < -0.4 is 5.32 Å². The average Bonchev–Trinajstić information content (AvgIpc) is 2.92. The number of aromatic amines is 1. The zero-order valence-corrected chi connectivity index (χ0v) is 10.9. The van der Waals surface area contributed by atoms with Crippen LogP contribution in [-0.4, -0.2) is 15.9 Å². The average molecular weight is 253 g/mol. The molecule has 0 aliphatic carbocycles. The van der Waals surface area contributed by atoms with Gasteiger partial charge < -0.3 is 10.3 Å². The quantitative estimate of drug-likeness (QED) is 0.808. The van der Waals surface area contributed by atoms with Gasteiger partial charge in [0.15, 0.2) is 0 Å². The highest BCUT2D eigenvalue weighted by molar-refractivity contribution is 6.34. The Hall–Kier alpha value is -2.36. The number of hydrogen-bond donors (Lipinski definition) is 2. The van der Waals surface area contributed by atoms with Crippen LogP contribution in [0.25, 0.3) is 11.6 Å². The number of benzene rings is 1. The Morgan fingerprint density at radius 2 is 2.11 bits per heavy atom. The van der Waals surface area contributed by atoms with E-state index in [1.165, 1.54) is 0 Å². The Balaban J connectivity index is 2.08. The molecule has 2 heterocycles. The lowest BCUT2D eigenvalue weighted by molar-refractivity contribution is -0.110. The lowest BCUT2D eigenvalue weighted by Gasteiger charge is -1.96. The maximum Gasteiger partial charge on any atom is 0.256 e. The second-order valence-electron chi connectivity index (χ2n) is 4.61. The van der Waals surface area contributed by atoms with Crippen LogP contribution in [0.4, 0.5) is 5.69 Å². The smallest absolute Gasteiger partial charge is 0.256 e. The van der Waals surface area contributed by atoms with Gasteiger partial charge in [0.05, 0.1) is 11.3 Å². The molecule has 0 bridgehead atoms. The first-order chi connectivity index (χ1) is 9.19. The first-order valence-electron chi connectivity index (χ1n) is 6.37. The summed E-state index contributed by atoms with van der Waals surface area (Å²) in [6.45, 7) is 4.02. The van der Waals surface area contributed by atoms with Gasteiger partial charge in [-0.1, -0.05) is 25.1 Å². The zero-order chi connectivity index (χ0) is 13.4. The Labute approximate surface area is 111 Å². The van der Waals surface area contributed by atoms with Crippen molar-refractivity contribution in [1.82, 2.24) is 9.97 Å². The lowest BCUT2D eigenvalue weighted by atomic mass is 10.1. The summed E-state index contributed by atoms with van der Waals surface area (Å²) in [5.41, 5.74) is 4.30. The van der Waals surface area contributed by atoms with Crippen LogP contribution in [0.2, 0.25) is 0 Å². The molecule has 3 rings (SSSR count). The van der Waals surface area contributed by atoms with Gasteiger partial charge in [-0.2, -0.15) is 0 Å². The van der Waals surface area contributed by atoms with Crippen LogP contribution in [0.5, 0.6) is 0 Å². The van der Waals surface area contributed by atoms with Crippen molar-refractivity contribution in [1.29, 1.82) is 0 Å². The number of nitrogens with one attached hydrogen (secondary N) is 2. The fourth-order valence-electron chi connectivity index (χ4n) is 2.26. The van der Waals surface area contributed by atoms with Gasteiger partial charge >= 0.3 is 0 Å². The van der Waals surface area contributed by atoms with Crippen molar-refractivity contribution in [2.75, 3.05) is 5.32 Å². The summed E-state index contributed by atoms with van der Waals surface area (Å²) in [5, 5.41) is 2.86. The number of carbonyl (C=O) groups excluding carboxylic acids is 1. The number of amides is 1. The van der Waals surface area contributed by atoms with Crippen molar-refractivity contribution < 1.29 is 4.79 Å². The summed E-state index contributed by atoms with van der Waals surface area (Å²) in [4.78, 5) is 19.7. The van der Waals surface area contributed by atoms with Crippen LogP contribution in [0.3, 0.4) is 0 Å². The summed E-state index contributed by atoms with van der Waals surface area (Å²) >= 11 is 0. The minimum Gasteiger partial charge on any atom is -0.346 e. The molecule has 0 atom stereocenters. The number of fused-ring (bicyclic) bond motifs is 1.